The van der Waals surface area contributed by atoms with Crippen molar-refractivity contribution < 1.29 is 0 Å². The van der Waals surface area contributed by atoms with Crippen molar-refractivity contribution in [3.63, 3.8) is 0 Å². The molecule has 0 saturated heterocycles. The predicted molar refractivity (Wildman–Crippen MR) is 80.9 cm³/mol. The Hall–Kier alpha value is -1.87. The molecular formula is C16H21N3. The molecule has 1 heterocycles. The summed E-state index contributed by atoms with van der Waals surface area (Å²) in [6.45, 7) is 6.09. The van der Waals surface area contributed by atoms with Gasteiger partial charge in [-0.15, -0.1) is 0 Å². The predicted octanol–water partition coefficient (Wildman–Crippen LogP) is 3.27. The Balaban J connectivity index is 2.45. The second kappa shape index (κ2) is 6.34. The van der Waals surface area contributed by atoms with Gasteiger partial charge in [-0.05, 0) is 44.2 Å². The molecule has 1 aromatic carbocycles. The number of nitrogens with one attached hydrogen (secondary N) is 1. The summed E-state index contributed by atoms with van der Waals surface area (Å²) in [4.78, 5) is 6.60. The molecule has 100 valence electrons. The smallest absolute Gasteiger partial charge is 0.0642 e. The molecular weight excluding hydrogens is 234 g/mol. The fraction of sp³-hybridized carbons (Fsp3) is 0.312. The number of anilines is 2. The molecule has 0 radical (unpaired) electrons. The molecule has 0 amide bonds. The highest BCUT2D eigenvalue weighted by Crippen LogP contribution is 2.29. The van der Waals surface area contributed by atoms with E-state index in [1.807, 2.05) is 19.4 Å². The molecule has 0 aliphatic rings. The highest BCUT2D eigenvalue weighted by molar-refractivity contribution is 5.68. The van der Waals surface area contributed by atoms with Crippen molar-refractivity contribution >= 4 is 11.4 Å². The lowest BCUT2D eigenvalue weighted by atomic mass is 10.1. The molecule has 0 unspecified atom stereocenters. The van der Waals surface area contributed by atoms with Crippen molar-refractivity contribution in [2.75, 3.05) is 18.5 Å². The molecule has 0 fully saturated rings. The third-order valence-corrected chi connectivity index (χ3v) is 3.27. The van der Waals surface area contributed by atoms with Crippen LogP contribution in [0.1, 0.15) is 18.1 Å². The van der Waals surface area contributed by atoms with E-state index in [4.69, 9.17) is 0 Å². The van der Waals surface area contributed by atoms with Crippen LogP contribution in [0.4, 0.5) is 11.4 Å². The monoisotopic (exact) mass is 255 g/mol. The third-order valence-electron chi connectivity index (χ3n) is 3.27. The van der Waals surface area contributed by atoms with Gasteiger partial charge in [0.05, 0.1) is 11.9 Å². The van der Waals surface area contributed by atoms with E-state index in [0.29, 0.717) is 0 Å². The second-order valence-corrected chi connectivity index (χ2v) is 4.57. The van der Waals surface area contributed by atoms with E-state index in [1.165, 1.54) is 22.5 Å². The van der Waals surface area contributed by atoms with Gasteiger partial charge in [0.2, 0.25) is 0 Å². The van der Waals surface area contributed by atoms with Crippen LogP contribution in [0.15, 0.2) is 42.7 Å². The Bertz CT molecular complexity index is 537. The number of pyridine rings is 1. The van der Waals surface area contributed by atoms with Crippen LogP contribution in [0.3, 0.4) is 0 Å². The molecule has 3 nitrogen and oxygen atoms in total. The van der Waals surface area contributed by atoms with Crippen LogP contribution in [0, 0.1) is 6.92 Å². The number of aryl methyl sites for hydroxylation is 1. The first-order chi connectivity index (χ1) is 9.27. The maximum absolute atomic E-state index is 4.28. The van der Waals surface area contributed by atoms with Crippen molar-refractivity contribution in [2.45, 2.75) is 20.4 Å². The molecule has 0 spiro atoms. The van der Waals surface area contributed by atoms with E-state index >= 15 is 0 Å². The average molecular weight is 255 g/mol. The minimum absolute atomic E-state index is 0.847. The van der Waals surface area contributed by atoms with Crippen LogP contribution in [0.2, 0.25) is 0 Å². The van der Waals surface area contributed by atoms with E-state index in [0.717, 1.165) is 13.1 Å². The van der Waals surface area contributed by atoms with Crippen LogP contribution in [0.25, 0.3) is 0 Å². The second-order valence-electron chi connectivity index (χ2n) is 4.57. The van der Waals surface area contributed by atoms with E-state index in [2.05, 4.69) is 59.4 Å². The molecule has 2 aromatic rings. The van der Waals surface area contributed by atoms with Crippen LogP contribution in [0.5, 0.6) is 0 Å². The van der Waals surface area contributed by atoms with Crippen LogP contribution < -0.4 is 10.2 Å². The van der Waals surface area contributed by atoms with E-state index in [9.17, 15) is 0 Å². The Kier molecular flexibility index (Phi) is 4.53. The lowest BCUT2D eigenvalue weighted by Gasteiger charge is -2.27. The topological polar surface area (TPSA) is 28.2 Å². The fourth-order valence-corrected chi connectivity index (χ4v) is 2.33. The summed E-state index contributed by atoms with van der Waals surface area (Å²) in [6.07, 6.45) is 3.80. The highest BCUT2D eigenvalue weighted by atomic mass is 15.1. The standard InChI is InChI=1S/C16H21N3/c1-4-19(15-8-6-5-7-13(15)2)16-12-18-10-9-14(16)11-17-3/h5-10,12,17H,4,11H2,1-3H3. The van der Waals surface area contributed by atoms with Crippen LogP contribution in [-0.4, -0.2) is 18.6 Å². The van der Waals surface area contributed by atoms with E-state index < -0.39 is 0 Å². The number of para-hydroxylation sites is 1. The summed E-state index contributed by atoms with van der Waals surface area (Å²) in [7, 11) is 1.97. The van der Waals surface area contributed by atoms with Gasteiger partial charge in [0.25, 0.3) is 0 Å². The zero-order valence-corrected chi connectivity index (χ0v) is 11.9. The number of aromatic nitrogens is 1. The Labute approximate surface area is 115 Å². The minimum Gasteiger partial charge on any atom is -0.340 e. The van der Waals surface area contributed by atoms with Gasteiger partial charge in [0.15, 0.2) is 0 Å². The number of hydrogen-bond acceptors (Lipinski definition) is 3. The summed E-state index contributed by atoms with van der Waals surface area (Å²) in [5, 5.41) is 3.21. The highest BCUT2D eigenvalue weighted by Gasteiger charge is 2.13. The van der Waals surface area contributed by atoms with Crippen molar-refractivity contribution in [3.8, 4) is 0 Å². The van der Waals surface area contributed by atoms with Gasteiger partial charge >= 0.3 is 0 Å². The van der Waals surface area contributed by atoms with Crippen molar-refractivity contribution in [3.05, 3.63) is 53.9 Å². The summed E-state index contributed by atoms with van der Waals surface area (Å²) in [6, 6.07) is 10.5. The number of benzene rings is 1. The molecule has 19 heavy (non-hydrogen) atoms. The molecule has 2 rings (SSSR count). The molecule has 1 aromatic heterocycles. The number of rotatable bonds is 5. The Morgan fingerprint density at radius 1 is 1.16 bits per heavy atom. The van der Waals surface area contributed by atoms with Gasteiger partial charge in [0.1, 0.15) is 0 Å². The van der Waals surface area contributed by atoms with E-state index in [1.54, 1.807) is 0 Å². The first-order valence-electron chi connectivity index (χ1n) is 6.68. The SMILES string of the molecule is CCN(c1ccccc1C)c1cnccc1CNC. The summed E-state index contributed by atoms with van der Waals surface area (Å²) in [5.41, 5.74) is 4.97. The lowest BCUT2D eigenvalue weighted by Crippen LogP contribution is -2.20. The largest absolute Gasteiger partial charge is 0.340 e. The fourth-order valence-electron chi connectivity index (χ4n) is 2.33. The maximum Gasteiger partial charge on any atom is 0.0642 e. The molecule has 0 atom stereocenters. The Morgan fingerprint density at radius 2 is 1.95 bits per heavy atom. The zero-order valence-electron chi connectivity index (χ0n) is 11.9. The molecule has 0 bridgehead atoms. The van der Waals surface area contributed by atoms with Gasteiger partial charge < -0.3 is 10.2 Å². The minimum atomic E-state index is 0.847. The van der Waals surface area contributed by atoms with Crippen molar-refractivity contribution in [2.24, 2.45) is 0 Å². The zero-order chi connectivity index (χ0) is 13.7. The third kappa shape index (κ3) is 2.93. The van der Waals surface area contributed by atoms with E-state index in [-0.39, 0.29) is 0 Å². The van der Waals surface area contributed by atoms with Crippen molar-refractivity contribution in [1.82, 2.24) is 10.3 Å². The van der Waals surface area contributed by atoms with Gasteiger partial charge in [-0.1, -0.05) is 18.2 Å². The van der Waals surface area contributed by atoms with Crippen molar-refractivity contribution in [1.29, 1.82) is 0 Å². The Morgan fingerprint density at radius 3 is 2.63 bits per heavy atom. The lowest BCUT2D eigenvalue weighted by molar-refractivity contribution is 0.810. The number of nitrogens with zero attached hydrogens (tertiary/aromatic N) is 2. The van der Waals surface area contributed by atoms with Crippen LogP contribution >= 0.6 is 0 Å². The molecule has 0 aliphatic heterocycles. The normalized spacial score (nSPS) is 10.5. The van der Waals surface area contributed by atoms with Gasteiger partial charge in [-0.2, -0.15) is 0 Å². The molecule has 3 heteroatoms. The first-order valence-corrected chi connectivity index (χ1v) is 6.68. The summed E-state index contributed by atoms with van der Waals surface area (Å²) >= 11 is 0. The average Bonchev–Trinajstić information content (AvgIpc) is 2.44. The summed E-state index contributed by atoms with van der Waals surface area (Å²) < 4.78 is 0. The van der Waals surface area contributed by atoms with Gasteiger partial charge in [-0.3, -0.25) is 4.98 Å². The molecule has 1 N–H and O–H groups in total. The molecule has 0 saturated carbocycles. The molecule has 0 aliphatic carbocycles. The summed E-state index contributed by atoms with van der Waals surface area (Å²) in [5.74, 6) is 0. The van der Waals surface area contributed by atoms with Crippen LogP contribution in [-0.2, 0) is 6.54 Å². The maximum atomic E-state index is 4.28. The quantitative estimate of drug-likeness (QED) is 0.888. The first kappa shape index (κ1) is 13.6. The van der Waals surface area contributed by atoms with Gasteiger partial charge in [-0.25, -0.2) is 0 Å². The van der Waals surface area contributed by atoms with Gasteiger partial charge in [0, 0.05) is 25.0 Å². The number of hydrogen-bond donors (Lipinski definition) is 1.